The number of rotatable bonds is 5. The standard InChI is InChI=1S/C23H20O6/c1-3-28-19-6-4-5-13(22(19)27-2)11-14-7-9-16-20(24)17-12-15(23(25)26)8-10-18(17)29-21(14)16/h4-6,8,10-12H,3,7,9H2,1-2H3,(H,25,26). The van der Waals surface area contributed by atoms with Crippen LogP contribution in [-0.2, 0) is 6.42 Å². The minimum atomic E-state index is -1.08. The van der Waals surface area contributed by atoms with Crippen molar-refractivity contribution in [1.29, 1.82) is 0 Å². The lowest BCUT2D eigenvalue weighted by Crippen LogP contribution is -2.09. The Balaban J connectivity index is 1.85. The van der Waals surface area contributed by atoms with Gasteiger partial charge in [0.2, 0.25) is 0 Å². The lowest BCUT2D eigenvalue weighted by Gasteiger charge is -2.12. The molecule has 0 aliphatic heterocycles. The molecule has 6 heteroatoms. The number of ether oxygens (including phenoxy) is 2. The van der Waals surface area contributed by atoms with E-state index in [2.05, 4.69) is 0 Å². The zero-order valence-corrected chi connectivity index (χ0v) is 16.2. The molecule has 0 amide bonds. The van der Waals surface area contributed by atoms with E-state index in [1.54, 1.807) is 7.11 Å². The zero-order chi connectivity index (χ0) is 20.5. The highest BCUT2D eigenvalue weighted by molar-refractivity contribution is 5.94. The predicted octanol–water partition coefficient (Wildman–Crippen LogP) is 4.39. The zero-order valence-electron chi connectivity index (χ0n) is 16.2. The van der Waals surface area contributed by atoms with Crippen molar-refractivity contribution in [3.05, 3.63) is 69.1 Å². The fourth-order valence-electron chi connectivity index (χ4n) is 3.69. The Morgan fingerprint density at radius 3 is 2.79 bits per heavy atom. The molecule has 2 aromatic carbocycles. The lowest BCUT2D eigenvalue weighted by atomic mass is 10.1. The molecule has 0 saturated carbocycles. The Labute approximate surface area is 167 Å². The molecule has 1 aliphatic rings. The van der Waals surface area contributed by atoms with Gasteiger partial charge >= 0.3 is 5.97 Å². The Kier molecular flexibility index (Phi) is 4.84. The summed E-state index contributed by atoms with van der Waals surface area (Å²) in [7, 11) is 1.59. The summed E-state index contributed by atoms with van der Waals surface area (Å²) in [5, 5.41) is 9.47. The Bertz CT molecular complexity index is 1200. The molecule has 29 heavy (non-hydrogen) atoms. The van der Waals surface area contributed by atoms with E-state index in [-0.39, 0.29) is 11.0 Å². The average molecular weight is 392 g/mol. The van der Waals surface area contributed by atoms with Gasteiger partial charge in [0, 0.05) is 11.1 Å². The first-order valence-electron chi connectivity index (χ1n) is 9.37. The van der Waals surface area contributed by atoms with Gasteiger partial charge in [0.25, 0.3) is 0 Å². The molecule has 0 radical (unpaired) electrons. The highest BCUT2D eigenvalue weighted by Gasteiger charge is 2.25. The molecular formula is C23H20O6. The summed E-state index contributed by atoms with van der Waals surface area (Å²) in [5.74, 6) is 0.761. The van der Waals surface area contributed by atoms with Crippen molar-refractivity contribution in [3.63, 3.8) is 0 Å². The predicted molar refractivity (Wildman–Crippen MR) is 110 cm³/mol. The molecule has 0 fully saturated rings. The molecular weight excluding hydrogens is 372 g/mol. The van der Waals surface area contributed by atoms with E-state index in [1.165, 1.54) is 18.2 Å². The van der Waals surface area contributed by atoms with Crippen LogP contribution in [0.15, 0.2) is 45.6 Å². The highest BCUT2D eigenvalue weighted by Crippen LogP contribution is 2.38. The summed E-state index contributed by atoms with van der Waals surface area (Å²) in [6.07, 6.45) is 3.15. The highest BCUT2D eigenvalue weighted by atomic mass is 16.5. The molecule has 1 heterocycles. The van der Waals surface area contributed by atoms with E-state index in [0.29, 0.717) is 53.2 Å². The van der Waals surface area contributed by atoms with Crippen LogP contribution in [0.2, 0.25) is 0 Å². The summed E-state index contributed by atoms with van der Waals surface area (Å²) in [6, 6.07) is 10.0. The molecule has 1 aromatic heterocycles. The van der Waals surface area contributed by atoms with Gasteiger partial charge in [-0.05, 0) is 55.7 Å². The molecule has 1 N–H and O–H groups in total. The van der Waals surface area contributed by atoms with Gasteiger partial charge in [-0.25, -0.2) is 4.79 Å². The molecule has 3 aromatic rings. The summed E-state index contributed by atoms with van der Waals surface area (Å²) >= 11 is 0. The van der Waals surface area contributed by atoms with Crippen molar-refractivity contribution in [3.8, 4) is 11.5 Å². The maximum absolute atomic E-state index is 12.9. The Morgan fingerprint density at radius 1 is 1.24 bits per heavy atom. The van der Waals surface area contributed by atoms with Gasteiger partial charge in [0.15, 0.2) is 16.9 Å². The molecule has 6 nitrogen and oxygen atoms in total. The van der Waals surface area contributed by atoms with E-state index in [9.17, 15) is 14.7 Å². The third-order valence-corrected chi connectivity index (χ3v) is 5.01. The molecule has 4 rings (SSSR count). The second-order valence-corrected chi connectivity index (χ2v) is 6.74. The number of carboxylic acids is 1. The van der Waals surface area contributed by atoms with E-state index in [1.807, 2.05) is 31.2 Å². The van der Waals surface area contributed by atoms with Gasteiger partial charge in [-0.2, -0.15) is 0 Å². The lowest BCUT2D eigenvalue weighted by molar-refractivity contribution is 0.0697. The van der Waals surface area contributed by atoms with Crippen molar-refractivity contribution in [2.75, 3.05) is 13.7 Å². The van der Waals surface area contributed by atoms with Crippen LogP contribution >= 0.6 is 0 Å². The number of hydrogen-bond acceptors (Lipinski definition) is 5. The molecule has 148 valence electrons. The normalized spacial score (nSPS) is 14.2. The van der Waals surface area contributed by atoms with Crippen LogP contribution in [0.5, 0.6) is 11.5 Å². The van der Waals surface area contributed by atoms with Gasteiger partial charge in [0.05, 0.1) is 24.7 Å². The van der Waals surface area contributed by atoms with Crippen molar-refractivity contribution in [2.45, 2.75) is 19.8 Å². The van der Waals surface area contributed by atoms with Crippen LogP contribution in [0.4, 0.5) is 0 Å². The van der Waals surface area contributed by atoms with E-state index in [4.69, 9.17) is 13.9 Å². The summed E-state index contributed by atoms with van der Waals surface area (Å²) in [5.41, 5.74) is 2.57. The fourth-order valence-corrected chi connectivity index (χ4v) is 3.69. The molecule has 0 saturated heterocycles. The van der Waals surface area contributed by atoms with Gasteiger partial charge in [-0.15, -0.1) is 0 Å². The number of carbonyl (C=O) groups is 1. The van der Waals surface area contributed by atoms with Crippen molar-refractivity contribution < 1.29 is 23.8 Å². The first-order chi connectivity index (χ1) is 14.0. The number of benzene rings is 2. The van der Waals surface area contributed by atoms with Gasteiger partial charge in [0.1, 0.15) is 11.3 Å². The van der Waals surface area contributed by atoms with Crippen LogP contribution in [-0.4, -0.2) is 24.8 Å². The minimum absolute atomic E-state index is 0.0657. The average Bonchev–Trinajstić information content (AvgIpc) is 3.11. The number of aromatic carboxylic acids is 1. The number of hydrogen-bond donors (Lipinski definition) is 1. The van der Waals surface area contributed by atoms with Crippen molar-refractivity contribution in [2.24, 2.45) is 0 Å². The number of para-hydroxylation sites is 1. The fraction of sp³-hybridized carbons (Fsp3) is 0.217. The molecule has 0 atom stereocenters. The van der Waals surface area contributed by atoms with Crippen LogP contribution in [0.1, 0.15) is 40.6 Å². The summed E-state index contributed by atoms with van der Waals surface area (Å²) in [6.45, 7) is 2.44. The molecule has 0 unspecified atom stereocenters. The molecule has 1 aliphatic carbocycles. The van der Waals surface area contributed by atoms with Crippen LogP contribution in [0.3, 0.4) is 0 Å². The number of carboxylic acid groups (broad SMARTS) is 1. The smallest absolute Gasteiger partial charge is 0.335 e. The molecule has 0 spiro atoms. The summed E-state index contributed by atoms with van der Waals surface area (Å²) in [4.78, 5) is 24.1. The topological polar surface area (TPSA) is 86.0 Å². The quantitative estimate of drug-likeness (QED) is 0.693. The third-order valence-electron chi connectivity index (χ3n) is 5.01. The maximum atomic E-state index is 12.9. The van der Waals surface area contributed by atoms with Crippen molar-refractivity contribution in [1.82, 2.24) is 0 Å². The van der Waals surface area contributed by atoms with E-state index < -0.39 is 5.97 Å². The molecule has 0 bridgehead atoms. The van der Waals surface area contributed by atoms with Crippen LogP contribution in [0.25, 0.3) is 22.6 Å². The SMILES string of the molecule is CCOc1cccc(C=C2CCc3c2oc2ccc(C(=O)O)cc2c3=O)c1OC. The maximum Gasteiger partial charge on any atom is 0.335 e. The second kappa shape index (κ2) is 7.47. The number of fused-ring (bicyclic) bond motifs is 2. The Morgan fingerprint density at radius 2 is 2.07 bits per heavy atom. The summed E-state index contributed by atoms with van der Waals surface area (Å²) < 4.78 is 17.2. The first-order valence-corrected chi connectivity index (χ1v) is 9.37. The van der Waals surface area contributed by atoms with E-state index >= 15 is 0 Å². The van der Waals surface area contributed by atoms with Gasteiger partial charge in [-0.3, -0.25) is 4.79 Å². The minimum Gasteiger partial charge on any atom is -0.492 e. The first kappa shape index (κ1) is 18.8. The van der Waals surface area contributed by atoms with Gasteiger partial charge < -0.3 is 19.0 Å². The van der Waals surface area contributed by atoms with Crippen LogP contribution < -0.4 is 14.9 Å². The van der Waals surface area contributed by atoms with E-state index in [0.717, 1.165) is 11.1 Å². The van der Waals surface area contributed by atoms with Crippen LogP contribution in [0, 0.1) is 0 Å². The third kappa shape index (κ3) is 3.27. The largest absolute Gasteiger partial charge is 0.492 e. The second-order valence-electron chi connectivity index (χ2n) is 6.74. The monoisotopic (exact) mass is 392 g/mol. The van der Waals surface area contributed by atoms with Gasteiger partial charge in [-0.1, -0.05) is 12.1 Å². The number of methoxy groups -OCH3 is 1. The van der Waals surface area contributed by atoms with Crippen molar-refractivity contribution >= 4 is 28.6 Å². The number of allylic oxidation sites excluding steroid dienone is 1. The Hall–Kier alpha value is -3.54.